The molecule has 1 unspecified atom stereocenters. The Balaban J connectivity index is 2.54. The van der Waals surface area contributed by atoms with Gasteiger partial charge in [-0.3, -0.25) is 0 Å². The lowest BCUT2D eigenvalue weighted by atomic mass is 10.4. The van der Waals surface area contributed by atoms with E-state index < -0.39 is 0 Å². The number of rotatable bonds is 0. The molecule has 8 heavy (non-hydrogen) atoms. The van der Waals surface area contributed by atoms with Crippen molar-refractivity contribution in [2.45, 2.75) is 11.0 Å². The van der Waals surface area contributed by atoms with E-state index in [1.165, 1.54) is 0 Å². The van der Waals surface area contributed by atoms with E-state index in [-0.39, 0.29) is 0 Å². The molecule has 44 valence electrons. The molecule has 0 spiro atoms. The second-order valence-electron chi connectivity index (χ2n) is 1.51. The van der Waals surface area contributed by atoms with E-state index in [9.17, 15) is 0 Å². The van der Waals surface area contributed by atoms with Crippen molar-refractivity contribution in [1.82, 2.24) is 0 Å². The lowest BCUT2D eigenvalue weighted by Crippen LogP contribution is -1.98. The first-order chi connectivity index (χ1) is 3.79. The Kier molecular flexibility index (Phi) is 2.41. The molecule has 0 aliphatic carbocycles. The number of hydrogen-bond donors (Lipinski definition) is 1. The van der Waals surface area contributed by atoms with Gasteiger partial charge in [0.1, 0.15) is 0 Å². The molecule has 1 atom stereocenters. The van der Waals surface area contributed by atoms with Crippen LogP contribution in [0.5, 0.6) is 0 Å². The predicted octanol–water partition coefficient (Wildman–Crippen LogP) is 2.26. The number of hydrogen-bond acceptors (Lipinski definition) is 3. The maximum absolute atomic E-state index is 4.95. The molecule has 0 N–H and O–H groups in total. The molecule has 0 radical (unpaired) electrons. The lowest BCUT2D eigenvalue weighted by molar-refractivity contribution is 1.48. The molecule has 0 amide bonds. The van der Waals surface area contributed by atoms with Crippen LogP contribution in [0.4, 0.5) is 0 Å². The van der Waals surface area contributed by atoms with Crippen molar-refractivity contribution in [3.05, 3.63) is 12.2 Å². The first-order valence-electron chi connectivity index (χ1n) is 2.33. The third-order valence-electron chi connectivity index (χ3n) is 0.837. The minimum Gasteiger partial charge on any atom is -0.160 e. The molecule has 0 saturated carbocycles. The third kappa shape index (κ3) is 1.80. The highest BCUT2D eigenvalue weighted by atomic mass is 32.2. The van der Waals surface area contributed by atoms with Gasteiger partial charge in [-0.25, -0.2) is 0 Å². The van der Waals surface area contributed by atoms with Crippen LogP contribution < -0.4 is 0 Å². The van der Waals surface area contributed by atoms with E-state index in [1.54, 1.807) is 11.8 Å². The Labute approximate surface area is 64.1 Å². The van der Waals surface area contributed by atoms with Crippen molar-refractivity contribution in [2.24, 2.45) is 0 Å². The summed E-state index contributed by atoms with van der Waals surface area (Å²) in [5.74, 6) is 0. The fourth-order valence-electron chi connectivity index (χ4n) is 0.503. The van der Waals surface area contributed by atoms with Crippen LogP contribution in [0.15, 0.2) is 12.2 Å². The maximum atomic E-state index is 4.95. The molecule has 0 aromatic heterocycles. The number of thiocarbonyl (C=S) groups is 1. The first kappa shape index (κ1) is 6.65. The summed E-state index contributed by atoms with van der Waals surface area (Å²) in [6.07, 6.45) is 5.07. The molecule has 1 heterocycles. The van der Waals surface area contributed by atoms with Crippen LogP contribution in [0.3, 0.4) is 0 Å². The summed E-state index contributed by atoms with van der Waals surface area (Å²) in [6.45, 7) is 0. The summed E-state index contributed by atoms with van der Waals surface area (Å²) in [5, 5.41) is 0. The van der Waals surface area contributed by atoms with Crippen molar-refractivity contribution in [2.75, 3.05) is 0 Å². The number of allylic oxidation sites excluding steroid dienone is 1. The Morgan fingerprint density at radius 1 is 1.88 bits per heavy atom. The zero-order valence-corrected chi connectivity index (χ0v) is 6.73. The molecule has 1 rings (SSSR count). The molecule has 0 bridgehead atoms. The van der Waals surface area contributed by atoms with Crippen molar-refractivity contribution < 1.29 is 0 Å². The van der Waals surface area contributed by atoms with Gasteiger partial charge in [0.15, 0.2) is 0 Å². The predicted molar refractivity (Wildman–Crippen MR) is 46.7 cm³/mol. The second kappa shape index (κ2) is 2.90. The minimum absolute atomic E-state index is 0.302. The maximum Gasteiger partial charge on any atom is 0.0705 e. The monoisotopic (exact) mass is 162 g/mol. The van der Waals surface area contributed by atoms with Gasteiger partial charge in [-0.1, -0.05) is 24.4 Å². The van der Waals surface area contributed by atoms with E-state index in [4.69, 9.17) is 12.2 Å². The van der Waals surface area contributed by atoms with Gasteiger partial charge in [0, 0.05) is 6.42 Å². The highest BCUT2D eigenvalue weighted by Gasteiger charge is 2.06. The summed E-state index contributed by atoms with van der Waals surface area (Å²) in [4.78, 5) is 0. The SMILES string of the molecule is S=C1CC=CC(S)S1. The van der Waals surface area contributed by atoms with Crippen LogP contribution in [0.1, 0.15) is 6.42 Å². The van der Waals surface area contributed by atoms with Crippen LogP contribution >= 0.6 is 36.6 Å². The summed E-state index contributed by atoms with van der Waals surface area (Å²) in [7, 11) is 0. The third-order valence-corrected chi connectivity index (χ3v) is 2.61. The zero-order chi connectivity index (χ0) is 5.98. The Bertz CT molecular complexity index is 128. The van der Waals surface area contributed by atoms with Crippen LogP contribution in [-0.4, -0.2) is 8.78 Å². The van der Waals surface area contributed by atoms with Crippen molar-refractivity contribution in [1.29, 1.82) is 0 Å². The van der Waals surface area contributed by atoms with Crippen molar-refractivity contribution >= 4 is 40.8 Å². The van der Waals surface area contributed by atoms with Crippen LogP contribution in [0.25, 0.3) is 0 Å². The van der Waals surface area contributed by atoms with Crippen LogP contribution in [0, 0.1) is 0 Å². The highest BCUT2D eigenvalue weighted by molar-refractivity contribution is 8.28. The van der Waals surface area contributed by atoms with Crippen molar-refractivity contribution in [3.8, 4) is 0 Å². The van der Waals surface area contributed by atoms with Gasteiger partial charge in [-0.2, -0.15) is 12.6 Å². The normalized spacial score (nSPS) is 28.6. The van der Waals surface area contributed by atoms with Gasteiger partial charge < -0.3 is 0 Å². The minimum atomic E-state index is 0.302. The molecule has 3 heteroatoms. The quantitative estimate of drug-likeness (QED) is 0.330. The van der Waals surface area contributed by atoms with E-state index in [0.29, 0.717) is 4.58 Å². The summed E-state index contributed by atoms with van der Waals surface area (Å²) >= 11 is 10.8. The molecule has 0 fully saturated rings. The fourth-order valence-corrected chi connectivity index (χ4v) is 2.28. The second-order valence-corrected chi connectivity index (χ2v) is 4.41. The Morgan fingerprint density at radius 3 is 3.00 bits per heavy atom. The molecule has 0 aromatic carbocycles. The molecular formula is C5H6S3. The topological polar surface area (TPSA) is 0 Å². The van der Waals surface area contributed by atoms with Gasteiger partial charge in [-0.15, -0.1) is 11.8 Å². The van der Waals surface area contributed by atoms with Crippen LogP contribution in [0.2, 0.25) is 0 Å². The van der Waals surface area contributed by atoms with Gasteiger partial charge in [0.05, 0.1) is 8.78 Å². The number of thiol groups is 1. The summed E-state index contributed by atoms with van der Waals surface area (Å²) < 4.78 is 1.35. The van der Waals surface area contributed by atoms with E-state index in [0.717, 1.165) is 10.6 Å². The van der Waals surface area contributed by atoms with Gasteiger partial charge in [-0.05, 0) is 0 Å². The lowest BCUT2D eigenvalue weighted by Gasteiger charge is -2.09. The van der Waals surface area contributed by atoms with E-state index in [1.807, 2.05) is 0 Å². The molecule has 0 saturated heterocycles. The highest BCUT2D eigenvalue weighted by Crippen LogP contribution is 2.24. The van der Waals surface area contributed by atoms with Crippen molar-refractivity contribution in [3.63, 3.8) is 0 Å². The van der Waals surface area contributed by atoms with Gasteiger partial charge >= 0.3 is 0 Å². The Hall–Kier alpha value is 0.530. The summed E-state index contributed by atoms with van der Waals surface area (Å²) in [6, 6.07) is 0. The Morgan fingerprint density at radius 2 is 2.62 bits per heavy atom. The van der Waals surface area contributed by atoms with E-state index >= 15 is 0 Å². The van der Waals surface area contributed by atoms with Gasteiger partial charge in [0.2, 0.25) is 0 Å². The van der Waals surface area contributed by atoms with Gasteiger partial charge in [0.25, 0.3) is 0 Å². The van der Waals surface area contributed by atoms with Crippen LogP contribution in [-0.2, 0) is 0 Å². The molecule has 0 aromatic rings. The fraction of sp³-hybridized carbons (Fsp3) is 0.400. The zero-order valence-electron chi connectivity index (χ0n) is 4.20. The smallest absolute Gasteiger partial charge is 0.0705 e. The number of thioether (sulfide) groups is 1. The molecule has 0 nitrogen and oxygen atoms in total. The van der Waals surface area contributed by atoms with E-state index in [2.05, 4.69) is 24.8 Å². The average molecular weight is 162 g/mol. The largest absolute Gasteiger partial charge is 0.160 e. The average Bonchev–Trinajstić information content (AvgIpc) is 1.64. The summed E-state index contributed by atoms with van der Waals surface area (Å²) in [5.41, 5.74) is 0. The molecule has 1 aliphatic rings. The standard InChI is InChI=1S/C5H6S3/c6-4-2-1-3-5(7)8-4/h1-2,4,6H,3H2. The first-order valence-corrected chi connectivity index (χ1v) is 4.13. The molecule has 1 aliphatic heterocycles. The molecular weight excluding hydrogens is 156 g/mol.